The largest absolute Gasteiger partial charge is 0.399 e. The molecule has 0 spiro atoms. The molecule has 0 aliphatic carbocycles. The number of nitrogen functional groups attached to an aromatic ring is 1. The van der Waals surface area contributed by atoms with Gasteiger partial charge in [0.2, 0.25) is 0 Å². The molecule has 1 rings (SSSR count). The number of unbranched alkanes of at least 4 members (excludes halogenated alkanes) is 2. The Morgan fingerprint density at radius 3 is 2.25 bits per heavy atom. The summed E-state index contributed by atoms with van der Waals surface area (Å²) in [5.74, 6) is -0.170. The first kappa shape index (κ1) is 16.8. The summed E-state index contributed by atoms with van der Waals surface area (Å²) in [4.78, 5) is 2.23. The van der Waals surface area contributed by atoms with E-state index in [9.17, 15) is 8.42 Å². The molecule has 0 aliphatic rings. The van der Waals surface area contributed by atoms with Crippen LogP contribution in [0.2, 0.25) is 0 Å². The van der Waals surface area contributed by atoms with Crippen LogP contribution >= 0.6 is 0 Å². The maximum absolute atomic E-state index is 10.7. The number of rotatable bonds is 9. The van der Waals surface area contributed by atoms with Gasteiger partial charge in [0.05, 0.1) is 5.75 Å². The van der Waals surface area contributed by atoms with Gasteiger partial charge in [0.25, 0.3) is 10.1 Å². The molecule has 1 aromatic rings. The van der Waals surface area contributed by atoms with E-state index in [0.29, 0.717) is 6.42 Å². The number of nitrogens with two attached hydrogens (primary N) is 1. The van der Waals surface area contributed by atoms with Gasteiger partial charge in [0.1, 0.15) is 0 Å². The molecule has 0 aliphatic heterocycles. The minimum atomic E-state index is -3.84. The average molecular weight is 300 g/mol. The van der Waals surface area contributed by atoms with Crippen LogP contribution in [0.3, 0.4) is 0 Å². The van der Waals surface area contributed by atoms with Crippen molar-refractivity contribution >= 4 is 21.5 Å². The van der Waals surface area contributed by atoms with E-state index < -0.39 is 10.1 Å². The molecule has 0 aromatic heterocycles. The fraction of sp³-hybridized carbons (Fsp3) is 0.571. The normalized spacial score (nSPS) is 11.5. The Morgan fingerprint density at radius 2 is 1.70 bits per heavy atom. The standard InChI is InChI=1S/C14H24N2O3S/c1-2-3-10-16(11-4-5-12-20(17,18)19)14-8-6-13(15)7-9-14/h6-9H,2-5,10-12,15H2,1H3,(H,17,18,19). The van der Waals surface area contributed by atoms with Crippen LogP contribution in [0.25, 0.3) is 0 Å². The summed E-state index contributed by atoms with van der Waals surface area (Å²) in [5, 5.41) is 0. The van der Waals surface area contributed by atoms with Gasteiger partial charge in [-0.1, -0.05) is 13.3 Å². The third kappa shape index (κ3) is 6.77. The molecule has 1 aromatic carbocycles. The minimum absolute atomic E-state index is 0.170. The summed E-state index contributed by atoms with van der Waals surface area (Å²) < 4.78 is 30.1. The van der Waals surface area contributed by atoms with Gasteiger partial charge < -0.3 is 10.6 Å². The zero-order chi connectivity index (χ0) is 15.0. The molecule has 0 bridgehead atoms. The Labute approximate surface area is 121 Å². The Hall–Kier alpha value is -1.27. The van der Waals surface area contributed by atoms with E-state index in [1.807, 2.05) is 24.3 Å². The van der Waals surface area contributed by atoms with Crippen LogP contribution in [-0.2, 0) is 10.1 Å². The SMILES string of the molecule is CCCCN(CCCCS(=O)(=O)O)c1ccc(N)cc1. The summed E-state index contributed by atoms with van der Waals surface area (Å²) in [6.45, 7) is 3.85. The Balaban J connectivity index is 2.53. The van der Waals surface area contributed by atoms with Crippen molar-refractivity contribution in [3.05, 3.63) is 24.3 Å². The predicted octanol–water partition coefficient (Wildman–Crippen LogP) is 2.54. The molecule has 0 saturated carbocycles. The first-order chi connectivity index (χ1) is 9.42. The molecule has 114 valence electrons. The molecule has 5 nitrogen and oxygen atoms in total. The summed E-state index contributed by atoms with van der Waals surface area (Å²) in [7, 11) is -3.84. The highest BCUT2D eigenvalue weighted by atomic mass is 32.2. The quantitative estimate of drug-likeness (QED) is 0.416. The molecule has 6 heteroatoms. The van der Waals surface area contributed by atoms with Gasteiger partial charge in [-0.3, -0.25) is 4.55 Å². The molecule has 0 atom stereocenters. The van der Waals surface area contributed by atoms with E-state index in [1.54, 1.807) is 0 Å². The number of hydrogen-bond acceptors (Lipinski definition) is 4. The minimum Gasteiger partial charge on any atom is -0.399 e. The molecular formula is C14H24N2O3S. The monoisotopic (exact) mass is 300 g/mol. The van der Waals surface area contributed by atoms with Crippen molar-refractivity contribution in [1.29, 1.82) is 0 Å². The molecular weight excluding hydrogens is 276 g/mol. The van der Waals surface area contributed by atoms with Gasteiger partial charge in [-0.2, -0.15) is 8.42 Å². The van der Waals surface area contributed by atoms with Gasteiger partial charge in [-0.15, -0.1) is 0 Å². The second-order valence-electron chi connectivity index (χ2n) is 4.93. The van der Waals surface area contributed by atoms with Crippen LogP contribution in [0.1, 0.15) is 32.6 Å². The Bertz CT molecular complexity index is 486. The third-order valence-electron chi connectivity index (χ3n) is 3.12. The van der Waals surface area contributed by atoms with E-state index in [1.165, 1.54) is 0 Å². The van der Waals surface area contributed by atoms with Crippen LogP contribution in [0.4, 0.5) is 11.4 Å². The molecule has 0 heterocycles. The smallest absolute Gasteiger partial charge is 0.264 e. The maximum Gasteiger partial charge on any atom is 0.264 e. The first-order valence-electron chi connectivity index (χ1n) is 6.98. The molecule has 0 saturated heterocycles. The number of benzene rings is 1. The highest BCUT2D eigenvalue weighted by Gasteiger charge is 2.08. The van der Waals surface area contributed by atoms with Crippen molar-refractivity contribution in [3.63, 3.8) is 0 Å². The maximum atomic E-state index is 10.7. The van der Waals surface area contributed by atoms with Gasteiger partial charge >= 0.3 is 0 Å². The lowest BCUT2D eigenvalue weighted by Gasteiger charge is -2.25. The van der Waals surface area contributed by atoms with Gasteiger partial charge in [-0.25, -0.2) is 0 Å². The lowest BCUT2D eigenvalue weighted by atomic mass is 10.2. The lowest BCUT2D eigenvalue weighted by molar-refractivity contribution is 0.480. The predicted molar refractivity (Wildman–Crippen MR) is 83.6 cm³/mol. The third-order valence-corrected chi connectivity index (χ3v) is 3.92. The fourth-order valence-electron chi connectivity index (χ4n) is 1.99. The lowest BCUT2D eigenvalue weighted by Crippen LogP contribution is -2.26. The van der Waals surface area contributed by atoms with Crippen molar-refractivity contribution < 1.29 is 13.0 Å². The van der Waals surface area contributed by atoms with Gasteiger partial charge in [0.15, 0.2) is 0 Å². The highest BCUT2D eigenvalue weighted by molar-refractivity contribution is 7.85. The van der Waals surface area contributed by atoms with Crippen LogP contribution < -0.4 is 10.6 Å². The van der Waals surface area contributed by atoms with Gasteiger partial charge in [0, 0.05) is 24.5 Å². The van der Waals surface area contributed by atoms with Crippen LogP contribution in [0, 0.1) is 0 Å². The topological polar surface area (TPSA) is 83.6 Å². The number of hydrogen-bond donors (Lipinski definition) is 2. The molecule has 3 N–H and O–H groups in total. The van der Waals surface area contributed by atoms with Gasteiger partial charge in [-0.05, 0) is 43.5 Å². The molecule has 20 heavy (non-hydrogen) atoms. The number of nitrogens with zero attached hydrogens (tertiary/aromatic N) is 1. The fourth-order valence-corrected chi connectivity index (χ4v) is 2.56. The first-order valence-corrected chi connectivity index (χ1v) is 8.59. The van der Waals surface area contributed by atoms with Crippen molar-refractivity contribution in [1.82, 2.24) is 0 Å². The van der Waals surface area contributed by atoms with Crippen LogP contribution in [0.5, 0.6) is 0 Å². The van der Waals surface area contributed by atoms with Crippen molar-refractivity contribution in [2.45, 2.75) is 32.6 Å². The molecule has 0 amide bonds. The second-order valence-corrected chi connectivity index (χ2v) is 6.50. The van der Waals surface area contributed by atoms with Crippen molar-refractivity contribution in [2.24, 2.45) is 0 Å². The zero-order valence-electron chi connectivity index (χ0n) is 12.0. The van der Waals surface area contributed by atoms with Crippen molar-refractivity contribution in [3.8, 4) is 0 Å². The Morgan fingerprint density at radius 1 is 1.10 bits per heavy atom. The summed E-state index contributed by atoms with van der Waals surface area (Å²) in [5.41, 5.74) is 7.51. The second kappa shape index (κ2) is 8.11. The van der Waals surface area contributed by atoms with E-state index in [4.69, 9.17) is 10.3 Å². The summed E-state index contributed by atoms with van der Waals surface area (Å²) in [6, 6.07) is 7.69. The van der Waals surface area contributed by atoms with Crippen molar-refractivity contribution in [2.75, 3.05) is 29.5 Å². The summed E-state index contributed by atoms with van der Waals surface area (Å²) >= 11 is 0. The van der Waals surface area contributed by atoms with E-state index in [-0.39, 0.29) is 5.75 Å². The van der Waals surface area contributed by atoms with E-state index >= 15 is 0 Å². The summed E-state index contributed by atoms with van der Waals surface area (Å²) in [6.07, 6.45) is 3.39. The van der Waals surface area contributed by atoms with E-state index in [2.05, 4.69) is 11.8 Å². The molecule has 0 unspecified atom stereocenters. The average Bonchev–Trinajstić information content (AvgIpc) is 2.38. The molecule has 0 fully saturated rings. The zero-order valence-corrected chi connectivity index (χ0v) is 12.8. The van der Waals surface area contributed by atoms with Crippen LogP contribution in [0.15, 0.2) is 24.3 Å². The Kier molecular flexibility index (Phi) is 6.81. The number of anilines is 2. The van der Waals surface area contributed by atoms with E-state index in [0.717, 1.165) is 43.7 Å². The van der Waals surface area contributed by atoms with Crippen LogP contribution in [-0.4, -0.2) is 31.8 Å². The molecule has 0 radical (unpaired) electrons. The highest BCUT2D eigenvalue weighted by Crippen LogP contribution is 2.17.